The van der Waals surface area contributed by atoms with Gasteiger partial charge in [-0.25, -0.2) is 4.79 Å². The number of aliphatic hydroxyl groups excluding tert-OH is 1. The summed E-state index contributed by atoms with van der Waals surface area (Å²) in [5, 5.41) is 9.70. The number of allylic oxidation sites excluding steroid dienone is 2. The molecule has 4 nitrogen and oxygen atoms in total. The lowest BCUT2D eigenvalue weighted by Gasteiger charge is -1.94. The van der Waals surface area contributed by atoms with Crippen LogP contribution in [0.1, 0.15) is 12.5 Å². The Bertz CT molecular complexity index is 606. The van der Waals surface area contributed by atoms with Crippen molar-refractivity contribution in [3.05, 3.63) is 65.1 Å². The highest BCUT2D eigenvalue weighted by atomic mass is 16.6. The molecule has 19 heavy (non-hydrogen) atoms. The molecule has 1 heterocycles. The molecule has 1 aromatic rings. The Morgan fingerprint density at radius 2 is 1.95 bits per heavy atom. The van der Waals surface area contributed by atoms with E-state index in [0.717, 1.165) is 5.56 Å². The maximum Gasteiger partial charge on any atom is 0.351 e. The summed E-state index contributed by atoms with van der Waals surface area (Å²) in [6, 6.07) is 9.52. The van der Waals surface area contributed by atoms with Gasteiger partial charge in [0, 0.05) is 0 Å². The van der Waals surface area contributed by atoms with Crippen LogP contribution in [0.25, 0.3) is 6.08 Å². The molecule has 0 spiro atoms. The van der Waals surface area contributed by atoms with E-state index < -0.39 is 17.5 Å². The molecular weight excluding hydrogens is 244 g/mol. The van der Waals surface area contributed by atoms with Crippen LogP contribution in [-0.2, 0) is 14.3 Å². The van der Waals surface area contributed by atoms with Gasteiger partial charge in [0.2, 0.25) is 0 Å². The Morgan fingerprint density at radius 1 is 1.26 bits per heavy atom. The lowest BCUT2D eigenvalue weighted by Crippen LogP contribution is -2.06. The van der Waals surface area contributed by atoms with E-state index >= 15 is 0 Å². The first-order valence-corrected chi connectivity index (χ1v) is 5.69. The molecule has 0 bridgehead atoms. The molecule has 0 radical (unpaired) electrons. The number of hydrogen-bond donors (Lipinski definition) is 1. The molecule has 1 N–H and O–H groups in total. The zero-order chi connectivity index (χ0) is 13.8. The van der Waals surface area contributed by atoms with Gasteiger partial charge in [0.25, 0.3) is 0 Å². The Morgan fingerprint density at radius 3 is 2.53 bits per heavy atom. The number of ether oxygens (including phenoxy) is 1. The van der Waals surface area contributed by atoms with Gasteiger partial charge in [-0.2, -0.15) is 0 Å². The normalized spacial score (nSPS) is 17.3. The molecule has 4 heteroatoms. The highest BCUT2D eigenvalue weighted by Crippen LogP contribution is 2.24. The highest BCUT2D eigenvalue weighted by Gasteiger charge is 2.32. The maximum absolute atomic E-state index is 11.3. The zero-order valence-corrected chi connectivity index (χ0v) is 10.3. The molecule has 0 saturated heterocycles. The number of ketones is 1. The summed E-state index contributed by atoms with van der Waals surface area (Å²) in [5.74, 6) is -1.75. The van der Waals surface area contributed by atoms with Crippen LogP contribution >= 0.6 is 0 Å². The van der Waals surface area contributed by atoms with Crippen molar-refractivity contribution in [3.63, 3.8) is 0 Å². The van der Waals surface area contributed by atoms with Crippen molar-refractivity contribution in [2.75, 3.05) is 0 Å². The summed E-state index contributed by atoms with van der Waals surface area (Å²) >= 11 is 0. The third-order valence-electron chi connectivity index (χ3n) is 2.56. The van der Waals surface area contributed by atoms with Crippen molar-refractivity contribution in [2.45, 2.75) is 6.92 Å². The molecule has 0 amide bonds. The summed E-state index contributed by atoms with van der Waals surface area (Å²) in [7, 11) is 0. The number of carbonyl (C=O) groups excluding carboxylic acids is 2. The Balaban J connectivity index is 2.20. The van der Waals surface area contributed by atoms with Gasteiger partial charge in [-0.05, 0) is 18.6 Å². The highest BCUT2D eigenvalue weighted by molar-refractivity contribution is 6.19. The number of esters is 1. The summed E-state index contributed by atoms with van der Waals surface area (Å²) in [4.78, 5) is 22.5. The third-order valence-corrected chi connectivity index (χ3v) is 2.56. The molecule has 2 rings (SSSR count). The number of rotatable bonds is 3. The van der Waals surface area contributed by atoms with Crippen LogP contribution in [0.2, 0.25) is 0 Å². The fourth-order valence-corrected chi connectivity index (χ4v) is 1.65. The molecule has 0 atom stereocenters. The van der Waals surface area contributed by atoms with Crippen molar-refractivity contribution in [3.8, 4) is 0 Å². The first kappa shape index (κ1) is 12.8. The van der Waals surface area contributed by atoms with Gasteiger partial charge in [-0.3, -0.25) is 4.79 Å². The number of benzene rings is 1. The van der Waals surface area contributed by atoms with E-state index in [4.69, 9.17) is 4.74 Å². The van der Waals surface area contributed by atoms with E-state index in [1.807, 2.05) is 30.3 Å². The molecule has 1 aromatic carbocycles. The van der Waals surface area contributed by atoms with Gasteiger partial charge >= 0.3 is 5.97 Å². The van der Waals surface area contributed by atoms with Crippen LogP contribution in [-0.4, -0.2) is 16.9 Å². The number of aliphatic hydroxyl groups is 1. The fraction of sp³-hybridized carbons (Fsp3) is 0.0667. The van der Waals surface area contributed by atoms with Gasteiger partial charge < -0.3 is 9.84 Å². The standard InChI is InChI=1S/C15H12O4/c1-10(16)13-14(17)12(19-15(13)18)9-5-8-11-6-3-2-4-7-11/h2-9,17H,1H3. The van der Waals surface area contributed by atoms with Crippen molar-refractivity contribution in [1.82, 2.24) is 0 Å². The minimum absolute atomic E-state index is 0.0117. The second-order valence-electron chi connectivity index (χ2n) is 3.97. The Labute approximate surface area is 110 Å². The van der Waals surface area contributed by atoms with Gasteiger partial charge in [0.15, 0.2) is 17.3 Å². The predicted octanol–water partition coefficient (Wildman–Crippen LogP) is 2.54. The molecule has 96 valence electrons. The molecule has 0 aromatic heterocycles. The summed E-state index contributed by atoms with van der Waals surface area (Å²) in [6.07, 6.45) is 4.87. The van der Waals surface area contributed by atoms with Crippen LogP contribution in [0.15, 0.2) is 59.6 Å². The minimum Gasteiger partial charge on any atom is -0.504 e. The van der Waals surface area contributed by atoms with Gasteiger partial charge in [-0.1, -0.05) is 42.5 Å². The first-order chi connectivity index (χ1) is 9.09. The molecule has 0 unspecified atom stereocenters. The number of carbonyl (C=O) groups is 2. The number of Topliss-reactive ketones (excluding diaryl/α,β-unsaturated/α-hetero) is 1. The summed E-state index contributed by atoms with van der Waals surface area (Å²) in [6.45, 7) is 1.20. The van der Waals surface area contributed by atoms with Crippen LogP contribution in [0.4, 0.5) is 0 Å². The van der Waals surface area contributed by atoms with E-state index in [0.29, 0.717) is 0 Å². The molecule has 1 aliphatic rings. The molecule has 0 aliphatic carbocycles. The summed E-state index contributed by atoms with van der Waals surface area (Å²) < 4.78 is 4.81. The minimum atomic E-state index is -0.815. The maximum atomic E-state index is 11.3. The summed E-state index contributed by atoms with van der Waals surface area (Å²) in [5.41, 5.74) is 0.665. The van der Waals surface area contributed by atoms with Crippen molar-refractivity contribution in [1.29, 1.82) is 0 Å². The average Bonchev–Trinajstić information content (AvgIpc) is 2.66. The molecule has 1 aliphatic heterocycles. The van der Waals surface area contributed by atoms with Crippen molar-refractivity contribution < 1.29 is 19.4 Å². The van der Waals surface area contributed by atoms with Crippen molar-refractivity contribution in [2.24, 2.45) is 0 Å². The Kier molecular flexibility index (Phi) is 3.61. The zero-order valence-electron chi connectivity index (χ0n) is 10.3. The average molecular weight is 256 g/mol. The lowest BCUT2D eigenvalue weighted by molar-refractivity contribution is -0.134. The van der Waals surface area contributed by atoms with Crippen LogP contribution in [0.5, 0.6) is 0 Å². The second-order valence-corrected chi connectivity index (χ2v) is 3.97. The number of cyclic esters (lactones) is 1. The van der Waals surface area contributed by atoms with Crippen LogP contribution < -0.4 is 0 Å². The predicted molar refractivity (Wildman–Crippen MR) is 70.0 cm³/mol. The quantitative estimate of drug-likeness (QED) is 0.666. The van der Waals surface area contributed by atoms with E-state index in [-0.39, 0.29) is 11.3 Å². The Hall–Kier alpha value is -2.62. The van der Waals surface area contributed by atoms with Gasteiger partial charge in [0.1, 0.15) is 5.57 Å². The first-order valence-electron chi connectivity index (χ1n) is 5.69. The van der Waals surface area contributed by atoms with E-state index in [1.54, 1.807) is 12.2 Å². The topological polar surface area (TPSA) is 63.6 Å². The van der Waals surface area contributed by atoms with Crippen molar-refractivity contribution >= 4 is 17.8 Å². The lowest BCUT2D eigenvalue weighted by atomic mass is 10.1. The molecule has 0 fully saturated rings. The van der Waals surface area contributed by atoms with Crippen LogP contribution in [0.3, 0.4) is 0 Å². The largest absolute Gasteiger partial charge is 0.504 e. The molecular formula is C15H12O4. The van der Waals surface area contributed by atoms with Crippen LogP contribution in [0, 0.1) is 0 Å². The smallest absolute Gasteiger partial charge is 0.351 e. The van der Waals surface area contributed by atoms with E-state index in [1.165, 1.54) is 13.0 Å². The fourth-order valence-electron chi connectivity index (χ4n) is 1.65. The van der Waals surface area contributed by atoms with Gasteiger partial charge in [0.05, 0.1) is 0 Å². The third kappa shape index (κ3) is 2.80. The monoisotopic (exact) mass is 256 g/mol. The number of hydrogen-bond acceptors (Lipinski definition) is 4. The van der Waals surface area contributed by atoms with E-state index in [2.05, 4.69) is 0 Å². The molecule has 0 saturated carbocycles. The SMILES string of the molecule is CC(=O)C1=C(O)C(=CC=Cc2ccccc2)OC1=O. The van der Waals surface area contributed by atoms with Gasteiger partial charge in [-0.15, -0.1) is 0 Å². The second kappa shape index (κ2) is 5.35. The van der Waals surface area contributed by atoms with E-state index in [9.17, 15) is 14.7 Å².